The number of ether oxygens (including phenoxy) is 1. The smallest absolute Gasteiger partial charge is 0.407 e. The SMILES string of the molecule is Cc1ncsc1-c1ccc(CNC(=O)C2CC(O)CN2C(=O)C(NC(=O)CCCCCCCCCCCCCCCCCNC(=O)OC(C)(C)C)C(C)(C)C)cc1. The van der Waals surface area contributed by atoms with Crippen LogP contribution in [-0.2, 0) is 25.7 Å². The monoisotopic (exact) mass is 812 g/mol. The average Bonchev–Trinajstić information content (AvgIpc) is 3.76. The van der Waals surface area contributed by atoms with E-state index in [1.165, 1.54) is 69.1 Å². The van der Waals surface area contributed by atoms with E-state index >= 15 is 0 Å². The number of alkyl carbamates (subject to hydrolysis) is 1. The zero-order valence-electron chi connectivity index (χ0n) is 36.1. The first-order chi connectivity index (χ1) is 27.0. The number of carbonyl (C=O) groups excluding carboxylic acids is 4. The summed E-state index contributed by atoms with van der Waals surface area (Å²) in [5.74, 6) is -0.804. The molecule has 3 atom stereocenters. The van der Waals surface area contributed by atoms with Gasteiger partial charge in [-0.2, -0.15) is 0 Å². The van der Waals surface area contributed by atoms with E-state index in [0.717, 1.165) is 53.8 Å². The molecule has 4 N–H and O–H groups in total. The summed E-state index contributed by atoms with van der Waals surface area (Å²) in [5, 5.41) is 19.3. The molecule has 12 heteroatoms. The molecule has 57 heavy (non-hydrogen) atoms. The lowest BCUT2D eigenvalue weighted by Crippen LogP contribution is -2.57. The van der Waals surface area contributed by atoms with Crippen LogP contribution in [0.5, 0.6) is 0 Å². The second kappa shape index (κ2) is 24.4. The Labute approximate surface area is 346 Å². The Hall–Kier alpha value is -3.51. The van der Waals surface area contributed by atoms with Crippen LogP contribution in [0.3, 0.4) is 0 Å². The van der Waals surface area contributed by atoms with Gasteiger partial charge in [0.25, 0.3) is 0 Å². The predicted molar refractivity (Wildman–Crippen MR) is 230 cm³/mol. The summed E-state index contributed by atoms with van der Waals surface area (Å²) in [4.78, 5) is 58.9. The molecule has 1 aromatic carbocycles. The molecule has 0 saturated carbocycles. The molecule has 0 radical (unpaired) electrons. The predicted octanol–water partition coefficient (Wildman–Crippen LogP) is 8.99. The molecular formula is C45H73N5O6S. The third-order valence-corrected chi connectivity index (χ3v) is 11.4. The van der Waals surface area contributed by atoms with Gasteiger partial charge in [-0.1, -0.05) is 129 Å². The number of β-amino-alcohol motifs (C(OH)–C–C–N with tert-alkyl or cyclic N) is 1. The number of unbranched alkanes of at least 4 members (excludes halogenated alkanes) is 14. The lowest BCUT2D eigenvalue weighted by atomic mass is 9.85. The van der Waals surface area contributed by atoms with Crippen LogP contribution >= 0.6 is 11.3 Å². The van der Waals surface area contributed by atoms with Crippen molar-refractivity contribution in [3.8, 4) is 10.4 Å². The Morgan fingerprint density at radius 3 is 1.88 bits per heavy atom. The summed E-state index contributed by atoms with van der Waals surface area (Å²) in [7, 11) is 0. The molecule has 2 aromatic rings. The number of nitrogens with one attached hydrogen (secondary N) is 3. The Balaban J connectivity index is 1.25. The van der Waals surface area contributed by atoms with Crippen molar-refractivity contribution in [2.45, 2.75) is 188 Å². The zero-order chi connectivity index (χ0) is 41.8. The summed E-state index contributed by atoms with van der Waals surface area (Å²) in [6, 6.07) is 6.35. The number of nitrogens with zero attached hydrogens (tertiary/aromatic N) is 2. The first kappa shape index (κ1) is 47.9. The standard InChI is InChI=1S/C45H73N5O6S/c1-33-39(57-32-48-33)35-26-24-34(25-27-35)30-47-41(53)37-29-36(51)31-50(37)42(54)40(44(2,3)4)49-38(52)23-21-19-17-15-13-11-9-8-10-12-14-16-18-20-22-28-46-43(55)56-45(5,6)7/h24-27,32,36-37,40,51H,8-23,28-31H2,1-7H3,(H,46,55)(H,47,53)(H,49,52). The summed E-state index contributed by atoms with van der Waals surface area (Å²) in [6.07, 6.45) is 16.9. The first-order valence-electron chi connectivity index (χ1n) is 21.6. The van der Waals surface area contributed by atoms with Crippen LogP contribution in [0.2, 0.25) is 0 Å². The molecule has 4 amide bonds. The third kappa shape index (κ3) is 18.3. The minimum atomic E-state index is -0.812. The molecule has 1 saturated heterocycles. The van der Waals surface area contributed by atoms with Gasteiger partial charge >= 0.3 is 6.09 Å². The van der Waals surface area contributed by atoms with E-state index in [9.17, 15) is 24.3 Å². The first-order valence-corrected chi connectivity index (χ1v) is 22.4. The van der Waals surface area contributed by atoms with Crippen molar-refractivity contribution in [1.82, 2.24) is 25.8 Å². The molecule has 1 aliphatic heterocycles. The van der Waals surface area contributed by atoms with Crippen molar-refractivity contribution in [2.75, 3.05) is 13.1 Å². The number of aryl methyl sites for hydroxylation is 1. The van der Waals surface area contributed by atoms with Gasteiger partial charge in [-0.25, -0.2) is 9.78 Å². The number of likely N-dealkylation sites (tertiary alicyclic amines) is 1. The summed E-state index contributed by atoms with van der Waals surface area (Å²) in [6.45, 7) is 14.4. The number of aliphatic hydroxyl groups excluding tert-OH is 1. The Morgan fingerprint density at radius 1 is 0.825 bits per heavy atom. The van der Waals surface area contributed by atoms with Crippen LogP contribution in [0.15, 0.2) is 29.8 Å². The quantitative estimate of drug-likeness (QED) is 0.0774. The van der Waals surface area contributed by atoms with Gasteiger partial charge in [0.2, 0.25) is 17.7 Å². The Kier molecular flexibility index (Phi) is 20.5. The number of carbonyl (C=O) groups is 4. The lowest BCUT2D eigenvalue weighted by molar-refractivity contribution is -0.144. The summed E-state index contributed by atoms with van der Waals surface area (Å²) in [5.41, 5.74) is 3.79. The minimum Gasteiger partial charge on any atom is -0.444 e. The molecule has 0 bridgehead atoms. The van der Waals surface area contributed by atoms with Gasteiger partial charge in [0, 0.05) is 32.5 Å². The molecule has 3 rings (SSSR count). The van der Waals surface area contributed by atoms with Crippen LogP contribution < -0.4 is 16.0 Å². The molecular weight excluding hydrogens is 739 g/mol. The molecule has 1 aromatic heterocycles. The molecule has 1 aliphatic rings. The van der Waals surface area contributed by atoms with Crippen LogP contribution in [-0.4, -0.2) is 75.7 Å². The van der Waals surface area contributed by atoms with E-state index in [2.05, 4.69) is 20.9 Å². The van der Waals surface area contributed by atoms with Crippen molar-refractivity contribution < 1.29 is 29.0 Å². The molecule has 320 valence electrons. The number of hydrogen-bond acceptors (Lipinski definition) is 8. The van der Waals surface area contributed by atoms with E-state index in [-0.39, 0.29) is 36.8 Å². The van der Waals surface area contributed by atoms with Crippen LogP contribution in [0, 0.1) is 12.3 Å². The van der Waals surface area contributed by atoms with Gasteiger partial charge in [-0.15, -0.1) is 11.3 Å². The second-order valence-corrected chi connectivity index (χ2v) is 18.8. The van der Waals surface area contributed by atoms with Gasteiger partial charge in [-0.3, -0.25) is 14.4 Å². The van der Waals surface area contributed by atoms with Crippen molar-refractivity contribution in [3.63, 3.8) is 0 Å². The van der Waals surface area contributed by atoms with Gasteiger partial charge in [0.15, 0.2) is 0 Å². The molecule has 1 fully saturated rings. The van der Waals surface area contributed by atoms with Crippen LogP contribution in [0.1, 0.15) is 162 Å². The van der Waals surface area contributed by atoms with Gasteiger partial charge in [0.05, 0.1) is 22.2 Å². The van der Waals surface area contributed by atoms with E-state index in [1.54, 1.807) is 11.3 Å². The zero-order valence-corrected chi connectivity index (χ0v) is 36.9. The number of rotatable bonds is 24. The van der Waals surface area contributed by atoms with Gasteiger partial charge in [0.1, 0.15) is 17.7 Å². The number of aromatic nitrogens is 1. The number of hydrogen-bond donors (Lipinski definition) is 4. The highest BCUT2D eigenvalue weighted by Gasteiger charge is 2.44. The highest BCUT2D eigenvalue weighted by Crippen LogP contribution is 2.28. The van der Waals surface area contributed by atoms with Crippen molar-refractivity contribution in [1.29, 1.82) is 0 Å². The fourth-order valence-electron chi connectivity index (χ4n) is 7.23. The number of thiazole rings is 1. The number of benzene rings is 1. The topological polar surface area (TPSA) is 150 Å². The molecule has 3 unspecified atom stereocenters. The maximum absolute atomic E-state index is 13.9. The molecule has 2 heterocycles. The van der Waals surface area contributed by atoms with Crippen molar-refractivity contribution in [2.24, 2.45) is 5.41 Å². The van der Waals surface area contributed by atoms with E-state index in [4.69, 9.17) is 4.74 Å². The Morgan fingerprint density at radius 2 is 1.37 bits per heavy atom. The van der Waals surface area contributed by atoms with E-state index in [0.29, 0.717) is 19.5 Å². The van der Waals surface area contributed by atoms with Gasteiger partial charge in [-0.05, 0) is 57.1 Å². The normalized spacial score (nSPS) is 16.3. The van der Waals surface area contributed by atoms with Crippen molar-refractivity contribution >= 4 is 35.2 Å². The molecule has 0 aliphatic carbocycles. The maximum atomic E-state index is 13.9. The van der Waals surface area contributed by atoms with E-state index < -0.39 is 29.2 Å². The van der Waals surface area contributed by atoms with E-state index in [1.807, 2.05) is 78.2 Å². The van der Waals surface area contributed by atoms with Gasteiger partial charge < -0.3 is 30.7 Å². The average molecular weight is 812 g/mol. The fraction of sp³-hybridized carbons (Fsp3) is 0.711. The molecule has 11 nitrogen and oxygen atoms in total. The highest BCUT2D eigenvalue weighted by molar-refractivity contribution is 7.13. The summed E-state index contributed by atoms with van der Waals surface area (Å²) >= 11 is 1.59. The number of amides is 4. The fourth-order valence-corrected chi connectivity index (χ4v) is 8.04. The lowest BCUT2D eigenvalue weighted by Gasteiger charge is -2.35. The summed E-state index contributed by atoms with van der Waals surface area (Å²) < 4.78 is 5.25. The maximum Gasteiger partial charge on any atom is 0.407 e. The van der Waals surface area contributed by atoms with Crippen LogP contribution in [0.25, 0.3) is 10.4 Å². The van der Waals surface area contributed by atoms with Crippen LogP contribution in [0.4, 0.5) is 4.79 Å². The highest BCUT2D eigenvalue weighted by atomic mass is 32.1. The molecule has 0 spiro atoms. The third-order valence-electron chi connectivity index (χ3n) is 10.5. The largest absolute Gasteiger partial charge is 0.444 e. The Bertz CT molecular complexity index is 1520. The number of aliphatic hydroxyl groups is 1. The minimum absolute atomic E-state index is 0.0570. The second-order valence-electron chi connectivity index (χ2n) is 17.9. The van der Waals surface area contributed by atoms with Crippen molar-refractivity contribution in [3.05, 3.63) is 41.0 Å².